The highest BCUT2D eigenvalue weighted by atomic mass is 35.5. The van der Waals surface area contributed by atoms with E-state index in [1.807, 2.05) is 37.3 Å². The molecule has 0 spiro atoms. The monoisotopic (exact) mass is 349 g/mol. The van der Waals surface area contributed by atoms with Crippen LogP contribution in [0.1, 0.15) is 18.9 Å². The van der Waals surface area contributed by atoms with Gasteiger partial charge in [0.1, 0.15) is 0 Å². The van der Waals surface area contributed by atoms with Gasteiger partial charge in [-0.25, -0.2) is 5.43 Å². The maximum Gasteiger partial charge on any atom is 0.234 e. The Morgan fingerprint density at radius 2 is 2.04 bits per heavy atom. The molecule has 23 heavy (non-hydrogen) atoms. The van der Waals surface area contributed by atoms with E-state index in [0.717, 1.165) is 23.3 Å². The van der Waals surface area contributed by atoms with Crippen LogP contribution >= 0.6 is 23.2 Å². The molecular weight excluding hydrogens is 333 g/mol. The lowest BCUT2D eigenvalue weighted by Gasteiger charge is -2.06. The van der Waals surface area contributed by atoms with Gasteiger partial charge in [-0.2, -0.15) is 10.2 Å². The van der Waals surface area contributed by atoms with Gasteiger partial charge in [-0.1, -0.05) is 42.0 Å². The highest BCUT2D eigenvalue weighted by molar-refractivity contribution is 6.30. The number of nitrogens with zero attached hydrogens (tertiary/aromatic N) is 3. The number of benzene rings is 1. The van der Waals surface area contributed by atoms with E-state index in [1.54, 1.807) is 18.3 Å². The normalized spacial score (nSPS) is 19.1. The number of nitrogens with two attached hydrogens (primary N) is 1. The van der Waals surface area contributed by atoms with Crippen molar-refractivity contribution in [3.63, 3.8) is 0 Å². The van der Waals surface area contributed by atoms with Crippen molar-refractivity contribution in [2.24, 2.45) is 21.0 Å². The summed E-state index contributed by atoms with van der Waals surface area (Å²) in [5.41, 5.74) is 10.9. The van der Waals surface area contributed by atoms with Gasteiger partial charge in [-0.05, 0) is 36.6 Å². The molecule has 1 aromatic carbocycles. The number of rotatable bonds is 4. The first-order valence-corrected chi connectivity index (χ1v) is 7.81. The van der Waals surface area contributed by atoms with E-state index in [9.17, 15) is 0 Å². The number of hydrazone groups is 1. The number of hydrogen-bond donors (Lipinski definition) is 2. The molecule has 1 atom stereocenters. The molecule has 0 saturated carbocycles. The third-order valence-electron chi connectivity index (χ3n) is 3.04. The summed E-state index contributed by atoms with van der Waals surface area (Å²) in [4.78, 5) is 0. The van der Waals surface area contributed by atoms with Crippen molar-refractivity contribution in [2.45, 2.75) is 18.7 Å². The number of allylic oxidation sites excluding steroid dienone is 4. The first-order valence-electron chi connectivity index (χ1n) is 7.00. The summed E-state index contributed by atoms with van der Waals surface area (Å²) in [6.07, 6.45) is 8.26. The Balaban J connectivity index is 1.91. The molecule has 7 heteroatoms. The molecule has 0 bridgehead atoms. The van der Waals surface area contributed by atoms with E-state index in [2.05, 4.69) is 20.7 Å². The van der Waals surface area contributed by atoms with Crippen molar-refractivity contribution in [3.05, 3.63) is 58.7 Å². The van der Waals surface area contributed by atoms with Crippen LogP contribution < -0.4 is 11.2 Å². The first-order chi connectivity index (χ1) is 11.0. The largest absolute Gasteiger partial charge is 0.367 e. The van der Waals surface area contributed by atoms with Gasteiger partial charge >= 0.3 is 0 Å². The summed E-state index contributed by atoms with van der Waals surface area (Å²) < 4.78 is 0. The quantitative estimate of drug-likeness (QED) is 0.378. The van der Waals surface area contributed by atoms with E-state index >= 15 is 0 Å². The molecule has 1 aromatic rings. The maximum atomic E-state index is 5.94. The van der Waals surface area contributed by atoms with E-state index in [-0.39, 0.29) is 11.3 Å². The maximum absolute atomic E-state index is 5.94. The van der Waals surface area contributed by atoms with E-state index in [4.69, 9.17) is 28.9 Å². The van der Waals surface area contributed by atoms with E-state index < -0.39 is 0 Å². The average Bonchev–Trinajstić information content (AvgIpc) is 2.55. The zero-order valence-corrected chi connectivity index (χ0v) is 14.1. The Bertz CT molecular complexity index is 687. The summed E-state index contributed by atoms with van der Waals surface area (Å²) in [6.45, 7) is 1.84. The number of nitrogens with one attached hydrogen (secondary N) is 1. The van der Waals surface area contributed by atoms with Crippen molar-refractivity contribution < 1.29 is 0 Å². The minimum Gasteiger partial charge on any atom is -0.367 e. The molecule has 0 fully saturated rings. The molecule has 0 radical (unpaired) electrons. The summed E-state index contributed by atoms with van der Waals surface area (Å²) in [5.74, 6) is 0.102. The zero-order chi connectivity index (χ0) is 16.7. The Kier molecular flexibility index (Phi) is 6.38. The van der Waals surface area contributed by atoms with Crippen molar-refractivity contribution in [1.82, 2.24) is 5.43 Å². The van der Waals surface area contributed by atoms with Crippen LogP contribution in [0.15, 0.2) is 63.4 Å². The van der Waals surface area contributed by atoms with Crippen molar-refractivity contribution in [1.29, 1.82) is 0 Å². The minimum atomic E-state index is 0.0527. The lowest BCUT2D eigenvalue weighted by molar-refractivity contribution is 0.988. The summed E-state index contributed by atoms with van der Waals surface area (Å²) >= 11 is 11.8. The van der Waals surface area contributed by atoms with Gasteiger partial charge in [0.25, 0.3) is 0 Å². The average molecular weight is 350 g/mol. The molecule has 0 heterocycles. The Labute approximate surface area is 145 Å². The fraction of sp³-hybridized carbons (Fsp3) is 0.188. The van der Waals surface area contributed by atoms with Crippen LogP contribution in [-0.4, -0.2) is 23.3 Å². The molecule has 120 valence electrons. The molecule has 1 aliphatic carbocycles. The standard InChI is InChI=1S/C16H17Cl2N5/c1-11(13-4-8-15(18)9-5-13)21-23-16(19)22-20-10-12-2-6-14(17)7-3-12/h2-6,8-10,14H,7H2,1H3,(H3,19,22,23)/b20-10+,21-11+. The molecule has 0 aromatic heterocycles. The first kappa shape index (κ1) is 17.2. The fourth-order valence-electron chi connectivity index (χ4n) is 1.78. The SMILES string of the molecule is C/C(=N\N=C(N)N/N=C/C1=CCC(Cl)C=C1)c1ccc(Cl)cc1. The van der Waals surface area contributed by atoms with E-state index in [1.165, 1.54) is 0 Å². The van der Waals surface area contributed by atoms with Crippen LogP contribution in [0.5, 0.6) is 0 Å². The van der Waals surface area contributed by atoms with Crippen molar-refractivity contribution in [2.75, 3.05) is 0 Å². The third-order valence-corrected chi connectivity index (χ3v) is 3.61. The molecule has 0 aliphatic heterocycles. The lowest BCUT2D eigenvalue weighted by Crippen LogP contribution is -2.27. The fourth-order valence-corrected chi connectivity index (χ4v) is 2.07. The smallest absolute Gasteiger partial charge is 0.234 e. The predicted molar refractivity (Wildman–Crippen MR) is 98.4 cm³/mol. The number of alkyl halides is 1. The second-order valence-electron chi connectivity index (χ2n) is 4.86. The van der Waals surface area contributed by atoms with Gasteiger partial charge in [-0.15, -0.1) is 16.7 Å². The second kappa shape index (κ2) is 8.50. The highest BCUT2D eigenvalue weighted by Gasteiger charge is 2.02. The van der Waals surface area contributed by atoms with Crippen LogP contribution in [0.3, 0.4) is 0 Å². The van der Waals surface area contributed by atoms with Crippen LogP contribution in [0, 0.1) is 0 Å². The minimum absolute atomic E-state index is 0.0527. The van der Waals surface area contributed by atoms with Crippen molar-refractivity contribution in [3.8, 4) is 0 Å². The Hall–Kier alpha value is -2.11. The molecule has 0 amide bonds. The van der Waals surface area contributed by atoms with Gasteiger partial charge in [-0.3, -0.25) is 0 Å². The van der Waals surface area contributed by atoms with E-state index in [0.29, 0.717) is 5.02 Å². The van der Waals surface area contributed by atoms with Crippen LogP contribution in [0.4, 0.5) is 0 Å². The van der Waals surface area contributed by atoms with Gasteiger partial charge < -0.3 is 5.73 Å². The summed E-state index contributed by atoms with van der Waals surface area (Å²) in [6, 6.07) is 7.32. The zero-order valence-electron chi connectivity index (χ0n) is 12.6. The van der Waals surface area contributed by atoms with Gasteiger partial charge in [0.05, 0.1) is 17.3 Å². The molecule has 0 saturated heterocycles. The summed E-state index contributed by atoms with van der Waals surface area (Å²) in [7, 11) is 0. The van der Waals surface area contributed by atoms with Crippen LogP contribution in [0.2, 0.25) is 5.02 Å². The van der Waals surface area contributed by atoms with Gasteiger partial charge in [0.15, 0.2) is 0 Å². The topological polar surface area (TPSA) is 75.1 Å². The molecule has 1 unspecified atom stereocenters. The Morgan fingerprint density at radius 1 is 1.30 bits per heavy atom. The summed E-state index contributed by atoms with van der Waals surface area (Å²) in [5, 5.41) is 12.7. The number of halogens is 2. The predicted octanol–water partition coefficient (Wildman–Crippen LogP) is 3.45. The third kappa shape index (κ3) is 5.88. The number of hydrogen-bond acceptors (Lipinski definition) is 3. The molecule has 2 rings (SSSR count). The van der Waals surface area contributed by atoms with Crippen molar-refractivity contribution >= 4 is 41.1 Å². The molecule has 5 nitrogen and oxygen atoms in total. The highest BCUT2D eigenvalue weighted by Crippen LogP contribution is 2.13. The Morgan fingerprint density at radius 3 is 2.70 bits per heavy atom. The lowest BCUT2D eigenvalue weighted by atomic mass is 10.1. The van der Waals surface area contributed by atoms with Crippen LogP contribution in [0.25, 0.3) is 0 Å². The second-order valence-corrected chi connectivity index (χ2v) is 5.86. The van der Waals surface area contributed by atoms with Gasteiger partial charge in [0.2, 0.25) is 5.96 Å². The molecule has 3 N–H and O–H groups in total. The van der Waals surface area contributed by atoms with Gasteiger partial charge in [0, 0.05) is 5.02 Å². The molecular formula is C16H17Cl2N5. The molecule has 1 aliphatic rings. The van der Waals surface area contributed by atoms with Crippen LogP contribution in [-0.2, 0) is 0 Å². The number of guanidine groups is 1.